The van der Waals surface area contributed by atoms with Crippen LogP contribution in [0.4, 0.5) is 0 Å². The molecule has 0 atom stereocenters. The van der Waals surface area contributed by atoms with Crippen LogP contribution in [0, 0.1) is 0 Å². The summed E-state index contributed by atoms with van der Waals surface area (Å²) in [6, 6.07) is 1.67. The van der Waals surface area contributed by atoms with E-state index in [0.29, 0.717) is 18.2 Å². The number of hydrogen-bond acceptors (Lipinski definition) is 7. The molecule has 0 N–H and O–H groups in total. The SMILES string of the molecule is O=C([O-])c1cc(C(=O)[O-])cc(S(=O)(=O)[O-])c1.[Li+]. The molecule has 0 amide bonds. The maximum Gasteiger partial charge on any atom is 1.00 e. The van der Waals surface area contributed by atoms with Crippen LogP contribution < -0.4 is 29.1 Å². The van der Waals surface area contributed by atoms with E-state index in [1.165, 1.54) is 0 Å². The van der Waals surface area contributed by atoms with E-state index in [9.17, 15) is 32.8 Å². The summed E-state index contributed by atoms with van der Waals surface area (Å²) in [7, 11) is -4.95. The number of benzene rings is 1. The molecule has 0 saturated heterocycles. The molecule has 0 unspecified atom stereocenters. The van der Waals surface area contributed by atoms with Crippen molar-refractivity contribution in [3.05, 3.63) is 29.3 Å². The average molecular weight is 250 g/mol. The van der Waals surface area contributed by atoms with Crippen molar-refractivity contribution in [1.29, 1.82) is 0 Å². The largest absolute Gasteiger partial charge is 1.00 e. The molecule has 0 heterocycles. The molecule has 0 saturated carbocycles. The molecule has 1 aromatic carbocycles. The first kappa shape index (κ1) is 15.7. The Morgan fingerprint density at radius 3 is 1.53 bits per heavy atom. The Bertz CT molecular complexity index is 531. The van der Waals surface area contributed by atoms with Gasteiger partial charge in [-0.25, -0.2) is 8.42 Å². The molecule has 9 heteroatoms. The Hall–Kier alpha value is -1.33. The van der Waals surface area contributed by atoms with Crippen LogP contribution in [0.1, 0.15) is 20.7 Å². The van der Waals surface area contributed by atoms with Crippen molar-refractivity contribution in [2.45, 2.75) is 4.90 Å². The van der Waals surface area contributed by atoms with Gasteiger partial charge in [0.05, 0.1) is 16.8 Å². The van der Waals surface area contributed by atoms with Crippen molar-refractivity contribution in [3.63, 3.8) is 0 Å². The molecule has 0 fully saturated rings. The van der Waals surface area contributed by atoms with Crippen LogP contribution >= 0.6 is 0 Å². The fraction of sp³-hybridized carbons (Fsp3) is 0. The zero-order valence-electron chi connectivity index (χ0n) is 8.50. The number of carbonyl (C=O) groups is 2. The van der Waals surface area contributed by atoms with Crippen LogP contribution in [-0.4, -0.2) is 24.9 Å². The molecular weight excluding hydrogens is 247 g/mol. The normalized spacial score (nSPS) is 10.4. The second-order valence-corrected chi connectivity index (χ2v) is 4.15. The molecule has 0 aliphatic heterocycles. The Kier molecular flexibility index (Phi) is 4.91. The predicted octanol–water partition coefficient (Wildman–Crippen LogP) is -5.68. The summed E-state index contributed by atoms with van der Waals surface area (Å²) in [6.07, 6.45) is 0. The van der Waals surface area contributed by atoms with Gasteiger partial charge in [-0.05, 0) is 29.3 Å². The molecule has 7 nitrogen and oxygen atoms in total. The minimum atomic E-state index is -4.95. The third kappa shape index (κ3) is 3.87. The maximum absolute atomic E-state index is 10.6. The fourth-order valence-corrected chi connectivity index (χ4v) is 1.52. The van der Waals surface area contributed by atoms with Gasteiger partial charge in [-0.1, -0.05) is 0 Å². The minimum Gasteiger partial charge on any atom is -0.744 e. The van der Waals surface area contributed by atoms with Gasteiger partial charge in [-0.2, -0.15) is 0 Å². The molecule has 0 aliphatic carbocycles. The molecule has 0 aromatic heterocycles. The Balaban J connectivity index is 0.00000256. The van der Waals surface area contributed by atoms with Crippen molar-refractivity contribution < 1.29 is 51.6 Å². The third-order valence-corrected chi connectivity index (χ3v) is 2.48. The second-order valence-electron chi connectivity index (χ2n) is 2.78. The Morgan fingerprint density at radius 1 is 0.941 bits per heavy atom. The van der Waals surface area contributed by atoms with Crippen molar-refractivity contribution in [3.8, 4) is 0 Å². The Morgan fingerprint density at radius 2 is 1.29 bits per heavy atom. The third-order valence-electron chi connectivity index (χ3n) is 1.67. The van der Waals surface area contributed by atoms with Crippen molar-refractivity contribution in [1.82, 2.24) is 0 Å². The minimum absolute atomic E-state index is 0. The van der Waals surface area contributed by atoms with E-state index in [0.717, 1.165) is 0 Å². The van der Waals surface area contributed by atoms with Gasteiger partial charge in [0, 0.05) is 0 Å². The summed E-state index contributed by atoms with van der Waals surface area (Å²) in [4.78, 5) is 19.9. The number of rotatable bonds is 3. The van der Waals surface area contributed by atoms with E-state index in [1.54, 1.807) is 0 Å². The van der Waals surface area contributed by atoms with Crippen LogP contribution in [0.5, 0.6) is 0 Å². The van der Waals surface area contributed by atoms with Crippen molar-refractivity contribution in [2.75, 3.05) is 0 Å². The zero-order chi connectivity index (χ0) is 12.5. The van der Waals surface area contributed by atoms with Gasteiger partial charge in [0.2, 0.25) is 0 Å². The molecule has 0 radical (unpaired) electrons. The summed E-state index contributed by atoms with van der Waals surface area (Å²) in [5, 5.41) is 20.9. The van der Waals surface area contributed by atoms with Gasteiger partial charge in [-0.3, -0.25) is 0 Å². The van der Waals surface area contributed by atoms with E-state index in [4.69, 9.17) is 0 Å². The predicted molar refractivity (Wildman–Crippen MR) is 43.1 cm³/mol. The monoisotopic (exact) mass is 250 g/mol. The number of carbonyl (C=O) groups excluding carboxylic acids is 2. The van der Waals surface area contributed by atoms with Crippen LogP contribution in [0.25, 0.3) is 0 Å². The Labute approximate surface area is 108 Å². The van der Waals surface area contributed by atoms with Gasteiger partial charge in [-0.15, -0.1) is 0 Å². The molecule has 0 bridgehead atoms. The van der Waals surface area contributed by atoms with Gasteiger partial charge >= 0.3 is 18.9 Å². The first-order valence-electron chi connectivity index (χ1n) is 3.75. The van der Waals surface area contributed by atoms with E-state index >= 15 is 0 Å². The van der Waals surface area contributed by atoms with Crippen molar-refractivity contribution >= 4 is 22.1 Å². The number of carboxylic acids is 2. The van der Waals surface area contributed by atoms with Crippen LogP contribution in [-0.2, 0) is 10.1 Å². The molecule has 0 spiro atoms. The fourth-order valence-electron chi connectivity index (χ4n) is 0.979. The van der Waals surface area contributed by atoms with Gasteiger partial charge in [0.1, 0.15) is 10.1 Å². The van der Waals surface area contributed by atoms with Crippen molar-refractivity contribution in [2.24, 2.45) is 0 Å². The number of hydrogen-bond donors (Lipinski definition) is 0. The molecule has 1 rings (SSSR count). The molecule has 86 valence electrons. The number of aromatic carboxylic acids is 2. The average Bonchev–Trinajstić information content (AvgIpc) is 2.15. The zero-order valence-corrected chi connectivity index (χ0v) is 9.31. The summed E-state index contributed by atoms with van der Waals surface area (Å²) in [5.74, 6) is -3.60. The van der Waals surface area contributed by atoms with Gasteiger partial charge < -0.3 is 24.4 Å². The quantitative estimate of drug-likeness (QED) is 0.385. The number of carboxylic acid groups (broad SMARTS) is 2. The van der Waals surface area contributed by atoms with Crippen LogP contribution in [0.15, 0.2) is 23.1 Å². The first-order chi connectivity index (χ1) is 7.21. The molecule has 17 heavy (non-hydrogen) atoms. The summed E-state index contributed by atoms with van der Waals surface area (Å²) >= 11 is 0. The van der Waals surface area contributed by atoms with E-state index < -0.39 is 38.1 Å². The van der Waals surface area contributed by atoms with Gasteiger partial charge in [0.15, 0.2) is 0 Å². The standard InChI is InChI=1S/C8H6O7S.Li/c9-7(10)4-1-5(8(11)12)3-6(2-4)16(13,14)15;/h1-3H,(H,9,10)(H,11,12)(H,13,14,15);/q;+1/p-3. The topological polar surface area (TPSA) is 137 Å². The smallest absolute Gasteiger partial charge is 0.744 e. The molecule has 0 aliphatic rings. The van der Waals surface area contributed by atoms with Crippen LogP contribution in [0.3, 0.4) is 0 Å². The van der Waals surface area contributed by atoms with E-state index in [2.05, 4.69) is 0 Å². The molecular formula is C8H3LiO7S-2. The second kappa shape index (κ2) is 5.33. The van der Waals surface area contributed by atoms with E-state index in [1.807, 2.05) is 0 Å². The summed E-state index contributed by atoms with van der Waals surface area (Å²) in [5.41, 5.74) is -1.45. The van der Waals surface area contributed by atoms with Gasteiger partial charge in [0.25, 0.3) is 0 Å². The maximum atomic E-state index is 10.6. The molecule has 1 aromatic rings. The van der Waals surface area contributed by atoms with Crippen LogP contribution in [0.2, 0.25) is 0 Å². The first-order valence-corrected chi connectivity index (χ1v) is 5.16. The summed E-state index contributed by atoms with van der Waals surface area (Å²) < 4.78 is 31.8. The van der Waals surface area contributed by atoms with E-state index in [-0.39, 0.29) is 18.9 Å². The summed E-state index contributed by atoms with van der Waals surface area (Å²) in [6.45, 7) is 0.